The summed E-state index contributed by atoms with van der Waals surface area (Å²) in [5, 5.41) is 24.9. The molecule has 0 bridgehead atoms. The highest BCUT2D eigenvalue weighted by Crippen LogP contribution is 2.33. The van der Waals surface area contributed by atoms with Crippen LogP contribution in [0.15, 0.2) is 48.5 Å². The van der Waals surface area contributed by atoms with Crippen LogP contribution in [0.4, 0.5) is 10.5 Å². The molecule has 0 spiro atoms. The highest BCUT2D eigenvalue weighted by atomic mass is 35.5. The van der Waals surface area contributed by atoms with E-state index in [2.05, 4.69) is 10.6 Å². The first kappa shape index (κ1) is 27.4. The van der Waals surface area contributed by atoms with E-state index in [1.165, 1.54) is 4.90 Å². The van der Waals surface area contributed by atoms with Crippen molar-refractivity contribution in [2.45, 2.75) is 38.8 Å². The Morgan fingerprint density at radius 2 is 1.78 bits per heavy atom. The van der Waals surface area contributed by atoms with Crippen LogP contribution in [0.25, 0.3) is 0 Å². The molecule has 1 atom stereocenters. The number of piperidine rings is 1. The van der Waals surface area contributed by atoms with E-state index in [0.29, 0.717) is 10.7 Å². The van der Waals surface area contributed by atoms with Gasteiger partial charge in [0, 0.05) is 30.3 Å². The van der Waals surface area contributed by atoms with Crippen LogP contribution in [0.1, 0.15) is 30.9 Å². The first-order valence-corrected chi connectivity index (χ1v) is 12.3. The van der Waals surface area contributed by atoms with E-state index < -0.39 is 30.1 Å². The van der Waals surface area contributed by atoms with E-state index in [1.54, 1.807) is 30.3 Å². The van der Waals surface area contributed by atoms with Crippen molar-refractivity contribution in [3.63, 3.8) is 0 Å². The lowest BCUT2D eigenvalue weighted by Crippen LogP contribution is -2.54. The number of benzene rings is 2. The van der Waals surface area contributed by atoms with Crippen LogP contribution in [0.2, 0.25) is 5.02 Å². The third kappa shape index (κ3) is 6.96. The molecule has 0 aromatic heterocycles. The zero-order valence-corrected chi connectivity index (χ0v) is 21.0. The van der Waals surface area contributed by atoms with Gasteiger partial charge < -0.3 is 25.2 Å². The Morgan fingerprint density at radius 3 is 2.39 bits per heavy atom. The summed E-state index contributed by atoms with van der Waals surface area (Å²) >= 11 is 6.21. The second-order valence-corrected chi connectivity index (χ2v) is 9.24. The second-order valence-electron chi connectivity index (χ2n) is 8.83. The maximum atomic E-state index is 13.4. The fourth-order valence-electron chi connectivity index (χ4n) is 4.07. The number of aliphatic hydroxyl groups is 2. The maximum absolute atomic E-state index is 13.4. The number of amides is 3. The minimum absolute atomic E-state index is 0.166. The number of nitrogens with one attached hydrogen (secondary N) is 2. The molecule has 36 heavy (non-hydrogen) atoms. The molecule has 0 aliphatic carbocycles. The monoisotopic (exact) mass is 517 g/mol. The number of nitrogens with zero attached hydrogens (tertiary/aromatic N) is 1. The molecule has 1 unspecified atom stereocenters. The number of anilines is 1. The van der Waals surface area contributed by atoms with Crippen LogP contribution in [0.5, 0.6) is 0 Å². The van der Waals surface area contributed by atoms with Crippen molar-refractivity contribution in [1.29, 1.82) is 0 Å². The van der Waals surface area contributed by atoms with E-state index in [1.807, 2.05) is 25.1 Å². The number of carbonyl (C=O) groups is 3. The number of hydrogen-bond donors (Lipinski definition) is 4. The number of likely N-dealkylation sites (tertiary alicyclic amines) is 1. The average Bonchev–Trinajstić information content (AvgIpc) is 2.91. The second kappa shape index (κ2) is 12.7. The SMILES string of the molecule is CCc1ccc(NC(=O)OCC2(C(=O)NCc3ccccc3Cl)CCN(C(=O)C(O)CO)CC2)cc1. The molecule has 1 fully saturated rings. The van der Waals surface area contributed by atoms with Crippen LogP contribution in [-0.4, -0.2) is 65.4 Å². The first-order valence-electron chi connectivity index (χ1n) is 11.9. The van der Waals surface area contributed by atoms with E-state index in [9.17, 15) is 19.5 Å². The van der Waals surface area contributed by atoms with Crippen molar-refractivity contribution in [1.82, 2.24) is 10.2 Å². The van der Waals surface area contributed by atoms with Gasteiger partial charge in [-0.2, -0.15) is 0 Å². The van der Waals surface area contributed by atoms with Crippen LogP contribution >= 0.6 is 11.6 Å². The van der Waals surface area contributed by atoms with E-state index in [4.69, 9.17) is 21.4 Å². The Labute approximate surface area is 215 Å². The summed E-state index contributed by atoms with van der Waals surface area (Å²) in [6.45, 7) is 1.70. The topological polar surface area (TPSA) is 128 Å². The van der Waals surface area contributed by atoms with Crippen molar-refractivity contribution >= 4 is 35.2 Å². The highest BCUT2D eigenvalue weighted by Gasteiger charge is 2.44. The zero-order chi connectivity index (χ0) is 26.1. The number of carbonyl (C=O) groups excluding carboxylic acids is 3. The summed E-state index contributed by atoms with van der Waals surface area (Å²) in [5.74, 6) is -0.922. The minimum atomic E-state index is -1.51. The van der Waals surface area contributed by atoms with Gasteiger partial charge in [0.2, 0.25) is 5.91 Å². The van der Waals surface area contributed by atoms with Crippen molar-refractivity contribution in [2.75, 3.05) is 31.6 Å². The fraction of sp³-hybridized carbons (Fsp3) is 0.423. The molecule has 0 radical (unpaired) electrons. The number of rotatable bonds is 9. The lowest BCUT2D eigenvalue weighted by molar-refractivity contribution is -0.149. The van der Waals surface area contributed by atoms with Gasteiger partial charge in [0.15, 0.2) is 6.10 Å². The van der Waals surface area contributed by atoms with Gasteiger partial charge >= 0.3 is 6.09 Å². The van der Waals surface area contributed by atoms with Gasteiger partial charge in [0.05, 0.1) is 12.0 Å². The van der Waals surface area contributed by atoms with Gasteiger partial charge in [-0.3, -0.25) is 14.9 Å². The Hall–Kier alpha value is -3.14. The lowest BCUT2D eigenvalue weighted by Gasteiger charge is -2.40. The van der Waals surface area contributed by atoms with Crippen LogP contribution in [0, 0.1) is 5.41 Å². The minimum Gasteiger partial charge on any atom is -0.448 e. The van der Waals surface area contributed by atoms with Gasteiger partial charge in [-0.1, -0.05) is 48.9 Å². The molecule has 10 heteroatoms. The number of hydrogen-bond acceptors (Lipinski definition) is 6. The smallest absolute Gasteiger partial charge is 0.411 e. The molecule has 1 heterocycles. The van der Waals surface area contributed by atoms with Gasteiger partial charge in [-0.05, 0) is 48.6 Å². The van der Waals surface area contributed by atoms with Crippen molar-refractivity contribution in [2.24, 2.45) is 5.41 Å². The quantitative estimate of drug-likeness (QED) is 0.405. The summed E-state index contributed by atoms with van der Waals surface area (Å²) in [6, 6.07) is 14.5. The molecular formula is C26H32ClN3O6. The van der Waals surface area contributed by atoms with Crippen LogP contribution in [-0.2, 0) is 27.3 Å². The van der Waals surface area contributed by atoms with E-state index >= 15 is 0 Å². The fourth-order valence-corrected chi connectivity index (χ4v) is 4.27. The average molecular weight is 518 g/mol. The predicted molar refractivity (Wildman–Crippen MR) is 135 cm³/mol. The van der Waals surface area contributed by atoms with Crippen LogP contribution < -0.4 is 10.6 Å². The third-order valence-corrected chi connectivity index (χ3v) is 6.83. The number of ether oxygens (including phenoxy) is 1. The molecule has 3 rings (SSSR count). The number of aryl methyl sites for hydroxylation is 1. The lowest BCUT2D eigenvalue weighted by atomic mass is 9.78. The molecule has 3 amide bonds. The Bertz CT molecular complexity index is 1050. The van der Waals surface area contributed by atoms with Crippen molar-refractivity contribution < 1.29 is 29.3 Å². The molecular weight excluding hydrogens is 486 g/mol. The molecule has 2 aromatic rings. The summed E-state index contributed by atoms with van der Waals surface area (Å²) in [7, 11) is 0. The normalized spacial score (nSPS) is 15.6. The summed E-state index contributed by atoms with van der Waals surface area (Å²) in [6.07, 6.45) is -0.891. The number of aliphatic hydroxyl groups excluding tert-OH is 2. The van der Waals surface area contributed by atoms with Gasteiger partial charge in [0.25, 0.3) is 5.91 Å². The Balaban J connectivity index is 1.67. The summed E-state index contributed by atoms with van der Waals surface area (Å²) in [4.78, 5) is 39.5. The van der Waals surface area contributed by atoms with Crippen molar-refractivity contribution in [3.05, 3.63) is 64.7 Å². The van der Waals surface area contributed by atoms with Gasteiger partial charge in [-0.15, -0.1) is 0 Å². The van der Waals surface area contributed by atoms with Crippen molar-refractivity contribution in [3.8, 4) is 0 Å². The molecule has 1 aliphatic heterocycles. The third-order valence-electron chi connectivity index (χ3n) is 6.46. The van der Waals surface area contributed by atoms with Gasteiger partial charge in [-0.25, -0.2) is 4.79 Å². The molecule has 2 aromatic carbocycles. The highest BCUT2D eigenvalue weighted by molar-refractivity contribution is 6.31. The molecule has 194 valence electrons. The predicted octanol–water partition coefficient (Wildman–Crippen LogP) is 2.73. The standard InChI is InChI=1S/C26H32ClN3O6/c1-2-18-7-9-20(10-8-18)29-25(35)36-17-26(11-13-30(14-12-26)23(33)22(32)16-31)24(34)28-15-19-5-3-4-6-21(19)27/h3-10,22,31-32H,2,11-17H2,1H3,(H,28,34)(H,29,35). The van der Waals surface area contributed by atoms with Gasteiger partial charge in [0.1, 0.15) is 6.61 Å². The zero-order valence-electron chi connectivity index (χ0n) is 20.2. The molecule has 0 saturated carbocycles. The molecule has 1 aliphatic rings. The van der Waals surface area contributed by atoms with E-state index in [0.717, 1.165) is 17.5 Å². The molecule has 9 nitrogen and oxygen atoms in total. The molecule has 4 N–H and O–H groups in total. The Kier molecular flexibility index (Phi) is 9.69. The first-order chi connectivity index (χ1) is 17.3. The molecule has 1 saturated heterocycles. The number of halogens is 1. The summed E-state index contributed by atoms with van der Waals surface area (Å²) in [5.41, 5.74) is 1.38. The summed E-state index contributed by atoms with van der Waals surface area (Å²) < 4.78 is 5.48. The Morgan fingerprint density at radius 1 is 1.11 bits per heavy atom. The van der Waals surface area contributed by atoms with E-state index in [-0.39, 0.29) is 45.0 Å². The van der Waals surface area contributed by atoms with Crippen LogP contribution in [0.3, 0.4) is 0 Å². The largest absolute Gasteiger partial charge is 0.448 e. The maximum Gasteiger partial charge on any atom is 0.411 e.